The van der Waals surface area contributed by atoms with E-state index in [0.29, 0.717) is 35.1 Å². The summed E-state index contributed by atoms with van der Waals surface area (Å²) in [6.07, 6.45) is 0.908. The number of anilines is 2. The Balaban J connectivity index is 1.77. The minimum absolute atomic E-state index is 0.0753. The number of nitrogens with two attached hydrogens (primary N) is 1. The minimum atomic E-state index is -0.0753. The average Bonchev–Trinajstić information content (AvgIpc) is 2.90. The van der Waals surface area contributed by atoms with E-state index in [1.807, 2.05) is 23.1 Å². The van der Waals surface area contributed by atoms with Crippen LogP contribution in [0.2, 0.25) is 5.02 Å². The molecule has 2 aromatic rings. The van der Waals surface area contributed by atoms with E-state index in [9.17, 15) is 4.79 Å². The molecular formula is C19H22ClN3O2. The molecule has 25 heavy (non-hydrogen) atoms. The van der Waals surface area contributed by atoms with Gasteiger partial charge in [0.1, 0.15) is 5.75 Å². The number of amides is 1. The maximum Gasteiger partial charge on any atom is 0.257 e. The number of hydrogen-bond acceptors (Lipinski definition) is 4. The zero-order valence-electron chi connectivity index (χ0n) is 14.2. The van der Waals surface area contributed by atoms with Gasteiger partial charge in [-0.05, 0) is 24.6 Å². The molecule has 0 bridgehead atoms. The molecule has 0 aromatic heterocycles. The number of methoxy groups -OCH3 is 1. The summed E-state index contributed by atoms with van der Waals surface area (Å²) in [5.41, 5.74) is 7.85. The monoisotopic (exact) mass is 359 g/mol. The van der Waals surface area contributed by atoms with Crippen molar-refractivity contribution in [1.82, 2.24) is 4.90 Å². The first-order chi connectivity index (χ1) is 12.1. The number of para-hydroxylation sites is 1. The van der Waals surface area contributed by atoms with Crippen LogP contribution < -0.4 is 15.4 Å². The molecule has 1 saturated heterocycles. The Morgan fingerprint density at radius 2 is 1.88 bits per heavy atom. The van der Waals surface area contributed by atoms with Gasteiger partial charge in [-0.25, -0.2) is 0 Å². The minimum Gasteiger partial charge on any atom is -0.496 e. The van der Waals surface area contributed by atoms with Gasteiger partial charge in [-0.15, -0.1) is 0 Å². The zero-order valence-corrected chi connectivity index (χ0v) is 15.0. The topological polar surface area (TPSA) is 58.8 Å². The van der Waals surface area contributed by atoms with E-state index >= 15 is 0 Å². The molecule has 1 aliphatic heterocycles. The second-order valence-corrected chi connectivity index (χ2v) is 6.45. The summed E-state index contributed by atoms with van der Waals surface area (Å²) < 4.78 is 5.32. The molecule has 0 spiro atoms. The molecule has 1 aliphatic rings. The zero-order chi connectivity index (χ0) is 17.8. The molecular weight excluding hydrogens is 338 g/mol. The third-order valence-electron chi connectivity index (χ3n) is 4.45. The highest BCUT2D eigenvalue weighted by atomic mass is 35.5. The fourth-order valence-electron chi connectivity index (χ4n) is 3.09. The highest BCUT2D eigenvalue weighted by Gasteiger charge is 2.23. The molecule has 2 aromatic carbocycles. The number of nitrogens with zero attached hydrogens (tertiary/aromatic N) is 2. The Labute approximate surface area is 152 Å². The van der Waals surface area contributed by atoms with E-state index in [1.54, 1.807) is 12.1 Å². The van der Waals surface area contributed by atoms with Crippen LogP contribution in [-0.2, 0) is 0 Å². The molecule has 0 unspecified atom stereocenters. The lowest BCUT2D eigenvalue weighted by Crippen LogP contribution is -2.35. The lowest BCUT2D eigenvalue weighted by molar-refractivity contribution is 0.0763. The smallest absolute Gasteiger partial charge is 0.257 e. The van der Waals surface area contributed by atoms with Gasteiger partial charge in [-0.2, -0.15) is 0 Å². The van der Waals surface area contributed by atoms with Crippen LogP contribution in [0.15, 0.2) is 42.5 Å². The average molecular weight is 360 g/mol. The van der Waals surface area contributed by atoms with E-state index < -0.39 is 0 Å². The molecule has 1 fully saturated rings. The number of nitrogen functional groups attached to an aromatic ring is 1. The molecule has 1 heterocycles. The van der Waals surface area contributed by atoms with Crippen LogP contribution in [-0.4, -0.2) is 44.1 Å². The van der Waals surface area contributed by atoms with Crippen LogP contribution in [0.1, 0.15) is 16.8 Å². The molecule has 0 atom stereocenters. The summed E-state index contributed by atoms with van der Waals surface area (Å²) in [4.78, 5) is 17.1. The van der Waals surface area contributed by atoms with Gasteiger partial charge in [0, 0.05) is 37.9 Å². The Morgan fingerprint density at radius 3 is 2.60 bits per heavy atom. The van der Waals surface area contributed by atoms with E-state index in [2.05, 4.69) is 17.0 Å². The summed E-state index contributed by atoms with van der Waals surface area (Å²) >= 11 is 6.10. The number of rotatable bonds is 3. The largest absolute Gasteiger partial charge is 0.496 e. The Kier molecular flexibility index (Phi) is 5.34. The van der Waals surface area contributed by atoms with E-state index in [4.69, 9.17) is 22.1 Å². The van der Waals surface area contributed by atoms with Crippen molar-refractivity contribution in [2.75, 3.05) is 43.9 Å². The summed E-state index contributed by atoms with van der Waals surface area (Å²) in [6.45, 7) is 3.07. The molecule has 2 N–H and O–H groups in total. The van der Waals surface area contributed by atoms with Crippen molar-refractivity contribution < 1.29 is 9.53 Å². The predicted octanol–water partition coefficient (Wildman–Crippen LogP) is 3.28. The number of halogens is 1. The lowest BCUT2D eigenvalue weighted by Gasteiger charge is -2.24. The summed E-state index contributed by atoms with van der Waals surface area (Å²) in [5.74, 6) is 0.379. The Morgan fingerprint density at radius 1 is 1.12 bits per heavy atom. The molecule has 0 radical (unpaired) electrons. The van der Waals surface area contributed by atoms with Crippen LogP contribution in [0.5, 0.6) is 5.75 Å². The fraction of sp³-hybridized carbons (Fsp3) is 0.316. The number of hydrogen-bond donors (Lipinski definition) is 1. The number of benzene rings is 2. The fourth-order valence-corrected chi connectivity index (χ4v) is 3.26. The lowest BCUT2D eigenvalue weighted by atomic mass is 10.1. The van der Waals surface area contributed by atoms with Crippen molar-refractivity contribution in [1.29, 1.82) is 0 Å². The van der Waals surface area contributed by atoms with Crippen LogP contribution in [0.25, 0.3) is 0 Å². The summed E-state index contributed by atoms with van der Waals surface area (Å²) in [5, 5.41) is 0.366. The van der Waals surface area contributed by atoms with Crippen LogP contribution in [0, 0.1) is 0 Å². The van der Waals surface area contributed by atoms with E-state index in [1.165, 1.54) is 12.8 Å². The van der Waals surface area contributed by atoms with Crippen molar-refractivity contribution in [3.63, 3.8) is 0 Å². The predicted molar refractivity (Wildman–Crippen MR) is 102 cm³/mol. The molecule has 0 aliphatic carbocycles. The maximum atomic E-state index is 13.0. The molecule has 0 saturated carbocycles. The second-order valence-electron chi connectivity index (χ2n) is 6.04. The van der Waals surface area contributed by atoms with Gasteiger partial charge in [0.25, 0.3) is 5.91 Å². The normalized spacial score (nSPS) is 15.0. The number of ether oxygens (including phenoxy) is 1. The second kappa shape index (κ2) is 7.66. The van der Waals surface area contributed by atoms with Gasteiger partial charge >= 0.3 is 0 Å². The van der Waals surface area contributed by atoms with Crippen LogP contribution in [0.4, 0.5) is 11.4 Å². The van der Waals surface area contributed by atoms with E-state index in [0.717, 1.165) is 19.5 Å². The van der Waals surface area contributed by atoms with Crippen LogP contribution in [0.3, 0.4) is 0 Å². The highest BCUT2D eigenvalue weighted by molar-refractivity contribution is 6.33. The Bertz CT molecular complexity index is 752. The van der Waals surface area contributed by atoms with Gasteiger partial charge in [0.15, 0.2) is 0 Å². The first-order valence-corrected chi connectivity index (χ1v) is 8.70. The van der Waals surface area contributed by atoms with Gasteiger partial charge in [0.2, 0.25) is 0 Å². The van der Waals surface area contributed by atoms with Gasteiger partial charge in [-0.1, -0.05) is 29.8 Å². The van der Waals surface area contributed by atoms with Gasteiger partial charge in [0.05, 0.1) is 23.4 Å². The van der Waals surface area contributed by atoms with Crippen LogP contribution >= 0.6 is 11.6 Å². The molecule has 3 rings (SSSR count). The van der Waals surface area contributed by atoms with Crippen molar-refractivity contribution in [2.24, 2.45) is 0 Å². The van der Waals surface area contributed by atoms with Crippen molar-refractivity contribution in [3.8, 4) is 5.75 Å². The SMILES string of the molecule is COc1cc(N)c(Cl)cc1C(=O)N1CCCN(c2ccccc2)CC1. The highest BCUT2D eigenvalue weighted by Crippen LogP contribution is 2.30. The van der Waals surface area contributed by atoms with Gasteiger partial charge in [-0.3, -0.25) is 4.79 Å². The van der Waals surface area contributed by atoms with Crippen molar-refractivity contribution in [3.05, 3.63) is 53.1 Å². The first-order valence-electron chi connectivity index (χ1n) is 8.32. The molecule has 6 heteroatoms. The third kappa shape index (κ3) is 3.82. The first kappa shape index (κ1) is 17.4. The maximum absolute atomic E-state index is 13.0. The third-order valence-corrected chi connectivity index (χ3v) is 4.78. The standard InChI is InChI=1S/C19H22ClN3O2/c1-25-18-13-17(21)16(20)12-15(18)19(24)23-9-5-8-22(10-11-23)14-6-3-2-4-7-14/h2-4,6-7,12-13H,5,8-11,21H2,1H3. The molecule has 1 amide bonds. The number of carbonyl (C=O) groups is 1. The van der Waals surface area contributed by atoms with Crippen molar-refractivity contribution >= 4 is 28.9 Å². The molecule has 5 nitrogen and oxygen atoms in total. The van der Waals surface area contributed by atoms with Gasteiger partial charge < -0.3 is 20.3 Å². The summed E-state index contributed by atoms with van der Waals surface area (Å²) in [7, 11) is 1.53. The quantitative estimate of drug-likeness (QED) is 0.854. The Hall–Kier alpha value is -2.40. The summed E-state index contributed by atoms with van der Waals surface area (Å²) in [6, 6.07) is 13.5. The van der Waals surface area contributed by atoms with E-state index in [-0.39, 0.29) is 5.91 Å². The number of carbonyl (C=O) groups excluding carboxylic acids is 1. The van der Waals surface area contributed by atoms with Crippen molar-refractivity contribution in [2.45, 2.75) is 6.42 Å². The molecule has 132 valence electrons.